The van der Waals surface area contributed by atoms with Crippen molar-refractivity contribution in [2.45, 2.75) is 44.8 Å². The van der Waals surface area contributed by atoms with Crippen LogP contribution in [0.2, 0.25) is 0 Å². The second kappa shape index (κ2) is 3.71. The number of rotatable bonds is 2. The smallest absolute Gasteiger partial charge is 0.170 e. The maximum Gasteiger partial charge on any atom is 0.170 e. The molecule has 1 aliphatic rings. The SMILES string of the molecule is CC(N)C(O)c1onc2c1CCCC2. The molecular weight excluding hydrogens is 180 g/mol. The fourth-order valence-corrected chi connectivity index (χ4v) is 1.89. The van der Waals surface area contributed by atoms with E-state index in [1.165, 1.54) is 0 Å². The van der Waals surface area contributed by atoms with E-state index in [-0.39, 0.29) is 6.04 Å². The molecule has 0 aliphatic heterocycles. The average Bonchev–Trinajstić information content (AvgIpc) is 2.60. The van der Waals surface area contributed by atoms with Gasteiger partial charge in [0.2, 0.25) is 0 Å². The molecule has 78 valence electrons. The number of hydrogen-bond acceptors (Lipinski definition) is 4. The molecule has 1 aromatic rings. The fraction of sp³-hybridized carbons (Fsp3) is 0.700. The predicted molar refractivity (Wildman–Crippen MR) is 51.8 cm³/mol. The Balaban J connectivity index is 2.30. The van der Waals surface area contributed by atoms with Crippen molar-refractivity contribution >= 4 is 0 Å². The minimum atomic E-state index is -0.718. The molecule has 0 saturated carbocycles. The monoisotopic (exact) mass is 196 g/mol. The highest BCUT2D eigenvalue weighted by atomic mass is 16.5. The van der Waals surface area contributed by atoms with Crippen LogP contribution in [0.25, 0.3) is 0 Å². The van der Waals surface area contributed by atoms with Crippen LogP contribution >= 0.6 is 0 Å². The van der Waals surface area contributed by atoms with Crippen molar-refractivity contribution in [1.29, 1.82) is 0 Å². The maximum atomic E-state index is 9.78. The Bertz CT molecular complexity index is 320. The second-order valence-electron chi connectivity index (χ2n) is 3.98. The molecule has 2 rings (SSSR count). The molecule has 0 fully saturated rings. The minimum absolute atomic E-state index is 0.311. The van der Waals surface area contributed by atoms with Gasteiger partial charge in [-0.1, -0.05) is 5.16 Å². The Morgan fingerprint density at radius 1 is 1.43 bits per heavy atom. The molecule has 2 atom stereocenters. The highest BCUT2D eigenvalue weighted by Gasteiger charge is 2.26. The van der Waals surface area contributed by atoms with Crippen molar-refractivity contribution < 1.29 is 9.63 Å². The standard InChI is InChI=1S/C10H16N2O2/c1-6(11)9(13)10-7-4-2-3-5-8(7)12-14-10/h6,9,13H,2-5,11H2,1H3. The number of aromatic nitrogens is 1. The number of nitrogens with zero attached hydrogens (tertiary/aromatic N) is 1. The van der Waals surface area contributed by atoms with E-state index >= 15 is 0 Å². The molecule has 1 heterocycles. The lowest BCUT2D eigenvalue weighted by Crippen LogP contribution is -2.25. The van der Waals surface area contributed by atoms with Crippen molar-refractivity contribution in [2.24, 2.45) is 5.73 Å². The number of hydrogen-bond donors (Lipinski definition) is 2. The van der Waals surface area contributed by atoms with E-state index in [0.717, 1.165) is 36.9 Å². The Hall–Kier alpha value is -0.870. The minimum Gasteiger partial charge on any atom is -0.383 e. The molecule has 2 unspecified atom stereocenters. The average molecular weight is 196 g/mol. The zero-order valence-corrected chi connectivity index (χ0v) is 8.36. The van der Waals surface area contributed by atoms with Gasteiger partial charge in [0, 0.05) is 11.6 Å². The van der Waals surface area contributed by atoms with E-state index in [9.17, 15) is 5.11 Å². The number of nitrogens with two attached hydrogens (primary N) is 1. The van der Waals surface area contributed by atoms with Crippen LogP contribution in [-0.2, 0) is 12.8 Å². The summed E-state index contributed by atoms with van der Waals surface area (Å²) in [5.41, 5.74) is 7.71. The van der Waals surface area contributed by atoms with Gasteiger partial charge in [0.1, 0.15) is 6.10 Å². The molecule has 4 heteroatoms. The highest BCUT2D eigenvalue weighted by molar-refractivity contribution is 5.27. The number of aliphatic hydroxyl groups excluding tert-OH is 1. The van der Waals surface area contributed by atoms with E-state index in [1.807, 2.05) is 0 Å². The first-order chi connectivity index (χ1) is 6.70. The van der Waals surface area contributed by atoms with Crippen molar-refractivity contribution in [3.63, 3.8) is 0 Å². The zero-order valence-electron chi connectivity index (χ0n) is 8.36. The molecule has 0 spiro atoms. The molecule has 0 saturated heterocycles. The predicted octanol–water partition coefficient (Wildman–Crippen LogP) is 0.934. The third-order valence-electron chi connectivity index (χ3n) is 2.76. The van der Waals surface area contributed by atoms with Gasteiger partial charge in [-0.05, 0) is 32.6 Å². The van der Waals surface area contributed by atoms with Gasteiger partial charge in [-0.25, -0.2) is 0 Å². The molecule has 0 aromatic carbocycles. The molecule has 14 heavy (non-hydrogen) atoms. The van der Waals surface area contributed by atoms with Crippen LogP contribution in [0.3, 0.4) is 0 Å². The van der Waals surface area contributed by atoms with E-state index in [4.69, 9.17) is 10.3 Å². The van der Waals surface area contributed by atoms with Gasteiger partial charge >= 0.3 is 0 Å². The van der Waals surface area contributed by atoms with E-state index in [1.54, 1.807) is 6.92 Å². The van der Waals surface area contributed by atoms with Gasteiger partial charge in [-0.3, -0.25) is 0 Å². The van der Waals surface area contributed by atoms with Crippen LogP contribution in [-0.4, -0.2) is 16.3 Å². The quantitative estimate of drug-likeness (QED) is 0.738. The number of aliphatic hydroxyl groups is 1. The van der Waals surface area contributed by atoms with Crippen LogP contribution in [0.15, 0.2) is 4.52 Å². The van der Waals surface area contributed by atoms with Gasteiger partial charge in [0.15, 0.2) is 5.76 Å². The lowest BCUT2D eigenvalue weighted by molar-refractivity contribution is 0.117. The van der Waals surface area contributed by atoms with E-state index < -0.39 is 6.10 Å². The summed E-state index contributed by atoms with van der Waals surface area (Å²) in [5.74, 6) is 0.578. The van der Waals surface area contributed by atoms with Crippen LogP contribution < -0.4 is 5.73 Å². The summed E-state index contributed by atoms with van der Waals surface area (Å²) < 4.78 is 5.16. The third kappa shape index (κ3) is 1.55. The lowest BCUT2D eigenvalue weighted by Gasteiger charge is -2.14. The van der Waals surface area contributed by atoms with Crippen LogP contribution in [0, 0.1) is 0 Å². The third-order valence-corrected chi connectivity index (χ3v) is 2.76. The van der Waals surface area contributed by atoms with Crippen LogP contribution in [0.5, 0.6) is 0 Å². The topological polar surface area (TPSA) is 72.3 Å². The van der Waals surface area contributed by atoms with Crippen molar-refractivity contribution in [2.75, 3.05) is 0 Å². The zero-order chi connectivity index (χ0) is 10.1. The van der Waals surface area contributed by atoms with Gasteiger partial charge in [0.25, 0.3) is 0 Å². The summed E-state index contributed by atoms with van der Waals surface area (Å²) in [5, 5.41) is 13.8. The van der Waals surface area contributed by atoms with Gasteiger partial charge < -0.3 is 15.4 Å². The molecule has 0 amide bonds. The molecule has 4 nitrogen and oxygen atoms in total. The lowest BCUT2D eigenvalue weighted by atomic mass is 9.93. The summed E-state index contributed by atoms with van der Waals surface area (Å²) in [7, 11) is 0. The van der Waals surface area contributed by atoms with Crippen molar-refractivity contribution in [1.82, 2.24) is 5.16 Å². The van der Waals surface area contributed by atoms with E-state index in [2.05, 4.69) is 5.16 Å². The summed E-state index contributed by atoms with van der Waals surface area (Å²) in [6, 6.07) is -0.311. The van der Waals surface area contributed by atoms with Gasteiger partial charge in [0.05, 0.1) is 5.69 Å². The Kier molecular flexibility index (Phi) is 2.56. The molecule has 1 aromatic heterocycles. The molecular formula is C10H16N2O2. The number of aryl methyl sites for hydroxylation is 1. The Morgan fingerprint density at radius 3 is 2.86 bits per heavy atom. The summed E-state index contributed by atoms with van der Waals surface area (Å²) in [6.07, 6.45) is 3.51. The first-order valence-electron chi connectivity index (χ1n) is 5.11. The Labute approximate surface area is 83.1 Å². The highest BCUT2D eigenvalue weighted by Crippen LogP contribution is 2.28. The first kappa shape index (κ1) is 9.68. The maximum absolute atomic E-state index is 9.78. The van der Waals surface area contributed by atoms with Gasteiger partial charge in [-0.2, -0.15) is 0 Å². The van der Waals surface area contributed by atoms with Crippen LogP contribution in [0.1, 0.15) is 42.9 Å². The van der Waals surface area contributed by atoms with E-state index in [0.29, 0.717) is 5.76 Å². The molecule has 0 bridgehead atoms. The van der Waals surface area contributed by atoms with Gasteiger partial charge in [-0.15, -0.1) is 0 Å². The molecule has 0 radical (unpaired) electrons. The van der Waals surface area contributed by atoms with Crippen molar-refractivity contribution in [3.05, 3.63) is 17.0 Å². The second-order valence-corrected chi connectivity index (χ2v) is 3.98. The Morgan fingerprint density at radius 2 is 2.14 bits per heavy atom. The normalized spacial score (nSPS) is 20.2. The summed E-state index contributed by atoms with van der Waals surface area (Å²) in [4.78, 5) is 0. The molecule has 3 N–H and O–H groups in total. The van der Waals surface area contributed by atoms with Crippen molar-refractivity contribution in [3.8, 4) is 0 Å². The first-order valence-corrected chi connectivity index (χ1v) is 5.11. The largest absolute Gasteiger partial charge is 0.383 e. The van der Waals surface area contributed by atoms with Crippen LogP contribution in [0.4, 0.5) is 0 Å². The summed E-state index contributed by atoms with van der Waals surface area (Å²) in [6.45, 7) is 1.77. The molecule has 1 aliphatic carbocycles. The number of fused-ring (bicyclic) bond motifs is 1. The summed E-state index contributed by atoms with van der Waals surface area (Å²) >= 11 is 0. The fourth-order valence-electron chi connectivity index (χ4n) is 1.89.